The second-order valence-electron chi connectivity index (χ2n) is 6.44. The van der Waals surface area contributed by atoms with Gasteiger partial charge in [0, 0.05) is 12.1 Å². The molecule has 0 atom stereocenters. The molecule has 0 radical (unpaired) electrons. The lowest BCUT2D eigenvalue weighted by Crippen LogP contribution is -2.31. The summed E-state index contributed by atoms with van der Waals surface area (Å²) in [4.78, 5) is 30.7. The third-order valence-corrected chi connectivity index (χ3v) is 6.85. The summed E-state index contributed by atoms with van der Waals surface area (Å²) >= 11 is 0.865. The number of methoxy groups -OCH3 is 1. The maximum absolute atomic E-state index is 12.6. The Hall–Kier alpha value is -3.11. The number of rotatable bonds is 5. The first-order valence-electron chi connectivity index (χ1n) is 8.95. The van der Waals surface area contributed by atoms with E-state index in [-0.39, 0.29) is 29.1 Å². The zero-order valence-electron chi connectivity index (χ0n) is 15.9. The van der Waals surface area contributed by atoms with Crippen LogP contribution in [0, 0.1) is 0 Å². The number of fused-ring (bicyclic) bond motifs is 1. The second kappa shape index (κ2) is 7.96. The lowest BCUT2D eigenvalue weighted by molar-refractivity contribution is -0.122. The molecule has 2 aromatic rings. The zero-order chi connectivity index (χ0) is 21.3. The predicted molar refractivity (Wildman–Crippen MR) is 114 cm³/mol. The molecule has 1 N–H and O–H groups in total. The van der Waals surface area contributed by atoms with Gasteiger partial charge in [0.05, 0.1) is 23.5 Å². The van der Waals surface area contributed by atoms with Crippen LogP contribution in [0.25, 0.3) is 6.08 Å². The van der Waals surface area contributed by atoms with E-state index >= 15 is 0 Å². The van der Waals surface area contributed by atoms with Crippen LogP contribution in [0.15, 0.2) is 63.3 Å². The van der Waals surface area contributed by atoms with Gasteiger partial charge in [0.1, 0.15) is 11.6 Å². The van der Waals surface area contributed by atoms with E-state index in [9.17, 15) is 18.0 Å². The third-order valence-electron chi connectivity index (χ3n) is 4.54. The molecule has 10 heteroatoms. The summed E-state index contributed by atoms with van der Waals surface area (Å²) in [6, 6.07) is 13.6. The molecule has 2 amide bonds. The lowest BCUT2D eigenvalue weighted by atomic mass is 10.2. The Bertz CT molecular complexity index is 1190. The van der Waals surface area contributed by atoms with Gasteiger partial charge < -0.3 is 4.74 Å². The quantitative estimate of drug-likeness (QED) is 0.712. The predicted octanol–water partition coefficient (Wildman–Crippen LogP) is 2.47. The normalized spacial score (nSPS) is 20.0. The summed E-state index contributed by atoms with van der Waals surface area (Å²) < 4.78 is 31.7. The molecule has 2 heterocycles. The minimum Gasteiger partial charge on any atom is -0.497 e. The van der Waals surface area contributed by atoms with Crippen LogP contribution in [0.1, 0.15) is 11.1 Å². The number of nitrogens with one attached hydrogen (secondary N) is 1. The highest BCUT2D eigenvalue weighted by Gasteiger charge is 2.35. The molecule has 8 nitrogen and oxygen atoms in total. The van der Waals surface area contributed by atoms with Crippen molar-refractivity contribution in [2.75, 3.05) is 20.2 Å². The molecule has 2 aliphatic rings. The minimum atomic E-state index is -3.62. The number of amides is 2. The Morgan fingerprint density at radius 3 is 2.60 bits per heavy atom. The first kappa shape index (κ1) is 20.2. The van der Waals surface area contributed by atoms with E-state index in [1.807, 2.05) is 0 Å². The van der Waals surface area contributed by atoms with Gasteiger partial charge in [-0.25, -0.2) is 8.42 Å². The van der Waals surface area contributed by atoms with Crippen molar-refractivity contribution >= 4 is 44.8 Å². The van der Waals surface area contributed by atoms with E-state index in [0.717, 1.165) is 22.2 Å². The van der Waals surface area contributed by atoms with E-state index in [1.165, 1.54) is 6.07 Å². The van der Waals surface area contributed by atoms with Crippen LogP contribution in [0.3, 0.4) is 0 Å². The van der Waals surface area contributed by atoms with Crippen molar-refractivity contribution in [3.05, 3.63) is 64.6 Å². The van der Waals surface area contributed by atoms with E-state index in [4.69, 9.17) is 4.74 Å². The van der Waals surface area contributed by atoms with Crippen LogP contribution in [0.4, 0.5) is 4.79 Å². The molecule has 1 fully saturated rings. The fourth-order valence-corrected chi connectivity index (χ4v) is 5.17. The number of ether oxygens (including phenoxy) is 1. The Kier molecular flexibility index (Phi) is 5.35. The van der Waals surface area contributed by atoms with Gasteiger partial charge in [-0.05, 0) is 47.7 Å². The molecule has 2 aromatic carbocycles. The first-order chi connectivity index (χ1) is 14.4. The number of carbonyl (C=O) groups excluding carboxylic acids is 2. The molecule has 30 heavy (non-hydrogen) atoms. The molecule has 2 aliphatic heterocycles. The Labute approximate surface area is 177 Å². The lowest BCUT2D eigenvalue weighted by Gasteiger charge is -2.10. The van der Waals surface area contributed by atoms with Crippen molar-refractivity contribution in [1.29, 1.82) is 0 Å². The van der Waals surface area contributed by atoms with Gasteiger partial charge in [-0.15, -0.1) is 0 Å². The van der Waals surface area contributed by atoms with E-state index in [0.29, 0.717) is 16.2 Å². The maximum Gasteiger partial charge on any atom is 0.293 e. The molecule has 1 saturated heterocycles. The average molecular weight is 444 g/mol. The molecule has 0 bridgehead atoms. The summed E-state index contributed by atoms with van der Waals surface area (Å²) in [6.45, 7) is 0.137. The molecule has 154 valence electrons. The number of benzene rings is 2. The van der Waals surface area contributed by atoms with Crippen molar-refractivity contribution in [1.82, 2.24) is 9.62 Å². The Morgan fingerprint density at radius 2 is 1.87 bits per heavy atom. The molecule has 0 aliphatic carbocycles. The van der Waals surface area contributed by atoms with Gasteiger partial charge in [-0.1, -0.05) is 24.3 Å². The molecule has 0 aromatic heterocycles. The molecule has 4 rings (SSSR count). The van der Waals surface area contributed by atoms with Gasteiger partial charge in [0.2, 0.25) is 0 Å². The molecular formula is C20H17N3O5S2. The van der Waals surface area contributed by atoms with Gasteiger partial charge in [0.25, 0.3) is 21.2 Å². The van der Waals surface area contributed by atoms with Crippen molar-refractivity contribution in [2.45, 2.75) is 4.90 Å². The highest BCUT2D eigenvalue weighted by molar-refractivity contribution is 8.18. The number of hydrogen-bond acceptors (Lipinski definition) is 7. The number of nitrogens with zero attached hydrogens (tertiary/aromatic N) is 2. The number of aliphatic imine (C=N–C) groups is 1. The summed E-state index contributed by atoms with van der Waals surface area (Å²) in [7, 11) is -2.06. The van der Waals surface area contributed by atoms with Gasteiger partial charge in [0.15, 0.2) is 0 Å². The third kappa shape index (κ3) is 3.83. The smallest absolute Gasteiger partial charge is 0.293 e. The topological polar surface area (TPSA) is 105 Å². The highest BCUT2D eigenvalue weighted by atomic mass is 32.2. The van der Waals surface area contributed by atoms with Crippen molar-refractivity contribution in [3.63, 3.8) is 0 Å². The SMILES string of the molecule is COc1ccc(/C=C2/SC(=O)N(CCN=C3NS(=O)(=O)c4ccccc43)C2=O)cc1. The zero-order valence-corrected chi connectivity index (χ0v) is 17.5. The van der Waals surface area contributed by atoms with E-state index < -0.39 is 15.9 Å². The van der Waals surface area contributed by atoms with Crippen LogP contribution in [0.5, 0.6) is 5.75 Å². The summed E-state index contributed by atoms with van der Waals surface area (Å²) in [5.41, 5.74) is 1.25. The fraction of sp³-hybridized carbons (Fsp3) is 0.150. The standard InChI is InChI=1S/C20H17N3O5S2/c1-28-14-8-6-13(7-9-14)12-16-19(24)23(20(25)29-16)11-10-21-18-15-4-2-3-5-17(15)30(26,27)22-18/h2-9,12H,10-11H2,1H3,(H,21,22)/b16-12+. The monoisotopic (exact) mass is 443 g/mol. The van der Waals surface area contributed by atoms with Gasteiger partial charge >= 0.3 is 0 Å². The highest BCUT2D eigenvalue weighted by Crippen LogP contribution is 2.32. The summed E-state index contributed by atoms with van der Waals surface area (Å²) in [5.74, 6) is 0.517. The average Bonchev–Trinajstić information content (AvgIpc) is 3.16. The van der Waals surface area contributed by atoms with Crippen molar-refractivity contribution in [2.24, 2.45) is 4.99 Å². The van der Waals surface area contributed by atoms with Crippen molar-refractivity contribution in [3.8, 4) is 5.75 Å². The summed E-state index contributed by atoms with van der Waals surface area (Å²) in [6.07, 6.45) is 1.65. The number of thioether (sulfide) groups is 1. The van der Waals surface area contributed by atoms with Crippen LogP contribution in [0.2, 0.25) is 0 Å². The number of hydrogen-bond donors (Lipinski definition) is 1. The van der Waals surface area contributed by atoms with Crippen LogP contribution in [-0.2, 0) is 14.8 Å². The molecule has 0 unspecified atom stereocenters. The van der Waals surface area contributed by atoms with Gasteiger partial charge in [-0.2, -0.15) is 0 Å². The van der Waals surface area contributed by atoms with Crippen LogP contribution in [-0.4, -0.2) is 50.5 Å². The fourth-order valence-electron chi connectivity index (χ4n) is 3.06. The Morgan fingerprint density at radius 1 is 1.13 bits per heavy atom. The van der Waals surface area contributed by atoms with Gasteiger partial charge in [-0.3, -0.25) is 24.2 Å². The first-order valence-corrected chi connectivity index (χ1v) is 11.2. The number of imide groups is 1. The number of carbonyl (C=O) groups is 2. The largest absolute Gasteiger partial charge is 0.497 e. The number of sulfonamides is 1. The van der Waals surface area contributed by atoms with Crippen molar-refractivity contribution < 1.29 is 22.7 Å². The van der Waals surface area contributed by atoms with Crippen LogP contribution >= 0.6 is 11.8 Å². The second-order valence-corrected chi connectivity index (χ2v) is 9.08. The van der Waals surface area contributed by atoms with Crippen LogP contribution < -0.4 is 9.46 Å². The number of amidine groups is 1. The Balaban J connectivity index is 1.46. The van der Waals surface area contributed by atoms with E-state index in [1.54, 1.807) is 55.7 Å². The van der Waals surface area contributed by atoms with E-state index in [2.05, 4.69) is 9.71 Å². The minimum absolute atomic E-state index is 0.0536. The molecule has 0 spiro atoms. The maximum atomic E-state index is 12.6. The molecule has 0 saturated carbocycles. The molecular weight excluding hydrogens is 426 g/mol. The summed E-state index contributed by atoms with van der Waals surface area (Å²) in [5, 5.41) is -0.382.